The summed E-state index contributed by atoms with van der Waals surface area (Å²) in [6, 6.07) is 7.51. The molecule has 2 aromatic rings. The quantitative estimate of drug-likeness (QED) is 0.371. The topological polar surface area (TPSA) is 78.4 Å². The molecule has 2 N–H and O–H groups in total. The lowest BCUT2D eigenvalue weighted by molar-refractivity contribution is 0.220. The Morgan fingerprint density at radius 2 is 2.15 bits per heavy atom. The molecule has 1 aliphatic rings. The number of halogens is 2. The van der Waals surface area contributed by atoms with Crippen LogP contribution in [-0.4, -0.2) is 58.8 Å². The Balaban J connectivity index is 0.00000261. The van der Waals surface area contributed by atoms with Crippen molar-refractivity contribution in [3.63, 3.8) is 0 Å². The number of aliphatic imine (C=N–C) groups is 1. The summed E-state index contributed by atoms with van der Waals surface area (Å²) in [5.41, 5.74) is 0. The van der Waals surface area contributed by atoms with Gasteiger partial charge in [0, 0.05) is 26.1 Å². The summed E-state index contributed by atoms with van der Waals surface area (Å²) in [5, 5.41) is 11.0. The third-order valence-corrected chi connectivity index (χ3v) is 4.85. The number of ether oxygens (including phenoxy) is 1. The zero-order valence-electron chi connectivity index (χ0n) is 15.6. The van der Waals surface area contributed by atoms with Crippen LogP contribution >= 0.6 is 35.6 Å². The van der Waals surface area contributed by atoms with E-state index < -0.39 is 0 Å². The van der Waals surface area contributed by atoms with E-state index in [0.29, 0.717) is 23.2 Å². The molecule has 1 aromatic carbocycles. The van der Waals surface area contributed by atoms with Gasteiger partial charge in [-0.3, -0.25) is 10.1 Å². The van der Waals surface area contributed by atoms with Crippen molar-refractivity contribution < 1.29 is 4.74 Å². The Morgan fingerprint density at radius 3 is 2.78 bits per heavy atom. The van der Waals surface area contributed by atoms with Crippen LogP contribution in [-0.2, 0) is 0 Å². The largest absolute Gasteiger partial charge is 0.487 e. The van der Waals surface area contributed by atoms with Crippen molar-refractivity contribution in [3.8, 4) is 5.75 Å². The fourth-order valence-electron chi connectivity index (χ4n) is 3.14. The zero-order valence-corrected chi connectivity index (χ0v) is 18.6. The van der Waals surface area contributed by atoms with Gasteiger partial charge < -0.3 is 15.0 Å². The van der Waals surface area contributed by atoms with Gasteiger partial charge >= 0.3 is 0 Å². The standard InChI is InChI=1S/C18H25ClN6O.HI/c1-13(26-16-6-4-3-5-15(16)19)11-21-18(20-2)25-9-7-14(8-10-25)17-22-12-23-24-17;/h3-6,12-14H,7-11H2,1-2H3,(H,20,21)(H,22,23,24);1H. The highest BCUT2D eigenvalue weighted by Gasteiger charge is 2.24. The second-order valence-corrected chi connectivity index (χ2v) is 6.83. The molecular weight excluding hydrogens is 479 g/mol. The average molecular weight is 505 g/mol. The first-order chi connectivity index (χ1) is 12.7. The van der Waals surface area contributed by atoms with Gasteiger partial charge in [-0.15, -0.1) is 24.0 Å². The van der Waals surface area contributed by atoms with Crippen molar-refractivity contribution in [3.05, 3.63) is 41.4 Å². The van der Waals surface area contributed by atoms with Crippen LogP contribution in [0, 0.1) is 0 Å². The number of H-pyrrole nitrogens is 1. The minimum atomic E-state index is -0.0293. The second kappa shape index (κ2) is 10.7. The molecule has 0 radical (unpaired) electrons. The summed E-state index contributed by atoms with van der Waals surface area (Å²) in [5.74, 6) is 3.02. The summed E-state index contributed by atoms with van der Waals surface area (Å²) in [4.78, 5) is 11.0. The fraction of sp³-hybridized carbons (Fsp3) is 0.500. The molecule has 1 atom stereocenters. The molecule has 148 valence electrons. The number of likely N-dealkylation sites (tertiary alicyclic amines) is 1. The lowest BCUT2D eigenvalue weighted by Crippen LogP contribution is -2.47. The van der Waals surface area contributed by atoms with Crippen molar-refractivity contribution in [2.24, 2.45) is 4.99 Å². The van der Waals surface area contributed by atoms with Crippen LogP contribution in [0.3, 0.4) is 0 Å². The molecule has 0 spiro atoms. The third kappa shape index (κ3) is 5.97. The van der Waals surface area contributed by atoms with E-state index in [9.17, 15) is 0 Å². The smallest absolute Gasteiger partial charge is 0.193 e. The molecule has 7 nitrogen and oxygen atoms in total. The number of hydrogen-bond donors (Lipinski definition) is 2. The van der Waals surface area contributed by atoms with Crippen LogP contribution in [0.15, 0.2) is 35.6 Å². The lowest BCUT2D eigenvalue weighted by atomic mass is 9.96. The Hall–Kier alpha value is -1.55. The first-order valence-electron chi connectivity index (χ1n) is 8.89. The SMILES string of the molecule is CN=C(NCC(C)Oc1ccccc1Cl)N1CCC(c2ncn[nH]2)CC1.I. The molecule has 2 heterocycles. The highest BCUT2D eigenvalue weighted by molar-refractivity contribution is 14.0. The van der Waals surface area contributed by atoms with Crippen LogP contribution in [0.1, 0.15) is 31.5 Å². The second-order valence-electron chi connectivity index (χ2n) is 6.42. The summed E-state index contributed by atoms with van der Waals surface area (Å²) in [7, 11) is 1.81. The number of benzene rings is 1. The van der Waals surface area contributed by atoms with Crippen LogP contribution in [0.2, 0.25) is 5.02 Å². The Morgan fingerprint density at radius 1 is 1.41 bits per heavy atom. The first kappa shape index (κ1) is 21.7. The molecule has 1 unspecified atom stereocenters. The molecule has 1 aromatic heterocycles. The van der Waals surface area contributed by atoms with Crippen LogP contribution in [0.5, 0.6) is 5.75 Å². The molecule has 0 saturated carbocycles. The molecule has 0 bridgehead atoms. The number of rotatable bonds is 5. The maximum atomic E-state index is 6.15. The fourth-order valence-corrected chi connectivity index (χ4v) is 3.32. The van der Waals surface area contributed by atoms with E-state index in [1.165, 1.54) is 0 Å². The number of hydrogen-bond acceptors (Lipinski definition) is 4. The molecule has 0 amide bonds. The number of para-hydroxylation sites is 1. The third-order valence-electron chi connectivity index (χ3n) is 4.54. The molecule has 1 aliphatic heterocycles. The minimum Gasteiger partial charge on any atom is -0.487 e. The van der Waals surface area contributed by atoms with Gasteiger partial charge in [0.15, 0.2) is 5.96 Å². The predicted molar refractivity (Wildman–Crippen MR) is 118 cm³/mol. The molecule has 1 saturated heterocycles. The number of guanidine groups is 1. The normalized spacial score (nSPS) is 16.6. The van der Waals surface area contributed by atoms with E-state index in [4.69, 9.17) is 16.3 Å². The van der Waals surface area contributed by atoms with Gasteiger partial charge in [0.05, 0.1) is 11.6 Å². The highest BCUT2D eigenvalue weighted by atomic mass is 127. The summed E-state index contributed by atoms with van der Waals surface area (Å²) >= 11 is 6.15. The van der Waals surface area contributed by atoms with Crippen LogP contribution in [0.4, 0.5) is 0 Å². The van der Waals surface area contributed by atoms with Crippen molar-refractivity contribution >= 4 is 41.5 Å². The molecule has 3 rings (SSSR count). The molecule has 0 aliphatic carbocycles. The number of nitrogens with zero attached hydrogens (tertiary/aromatic N) is 4. The van der Waals surface area contributed by atoms with Crippen LogP contribution < -0.4 is 10.1 Å². The summed E-state index contributed by atoms with van der Waals surface area (Å²) in [6.45, 7) is 4.54. The van der Waals surface area contributed by atoms with Gasteiger partial charge in [0.25, 0.3) is 0 Å². The molecule has 9 heteroatoms. The molecule has 1 fully saturated rings. The van der Waals surface area contributed by atoms with E-state index >= 15 is 0 Å². The van der Waals surface area contributed by atoms with Crippen molar-refractivity contribution in [2.75, 3.05) is 26.7 Å². The molecular formula is C18H26ClIN6O. The lowest BCUT2D eigenvalue weighted by Gasteiger charge is -2.33. The van der Waals surface area contributed by atoms with Gasteiger partial charge in [-0.05, 0) is 31.9 Å². The molecule has 27 heavy (non-hydrogen) atoms. The maximum Gasteiger partial charge on any atom is 0.193 e. The Kier molecular flexibility index (Phi) is 8.62. The van der Waals surface area contributed by atoms with Crippen molar-refractivity contribution in [1.29, 1.82) is 0 Å². The average Bonchev–Trinajstić information content (AvgIpc) is 3.19. The van der Waals surface area contributed by atoms with Crippen LogP contribution in [0.25, 0.3) is 0 Å². The number of aromatic nitrogens is 3. The predicted octanol–water partition coefficient (Wildman–Crippen LogP) is 3.30. The zero-order chi connectivity index (χ0) is 18.4. The van der Waals surface area contributed by atoms with Crippen molar-refractivity contribution in [2.45, 2.75) is 31.8 Å². The minimum absolute atomic E-state index is 0. The van der Waals surface area contributed by atoms with Gasteiger partial charge in [-0.25, -0.2) is 4.98 Å². The Labute approximate surface area is 182 Å². The van der Waals surface area contributed by atoms with Crippen molar-refractivity contribution in [1.82, 2.24) is 25.4 Å². The number of piperidine rings is 1. The van der Waals surface area contributed by atoms with Gasteiger partial charge in [-0.2, -0.15) is 5.10 Å². The monoisotopic (exact) mass is 504 g/mol. The van der Waals surface area contributed by atoms with Gasteiger partial charge in [-0.1, -0.05) is 23.7 Å². The van der Waals surface area contributed by atoms with Gasteiger partial charge in [0.1, 0.15) is 24.0 Å². The van der Waals surface area contributed by atoms with E-state index in [1.54, 1.807) is 6.33 Å². The van der Waals surface area contributed by atoms with E-state index in [0.717, 1.165) is 37.7 Å². The Bertz CT molecular complexity index is 718. The van der Waals surface area contributed by atoms with E-state index in [2.05, 4.69) is 30.4 Å². The number of nitrogens with one attached hydrogen (secondary N) is 2. The van der Waals surface area contributed by atoms with Gasteiger partial charge in [0.2, 0.25) is 0 Å². The number of aromatic amines is 1. The maximum absolute atomic E-state index is 6.15. The summed E-state index contributed by atoms with van der Waals surface area (Å²) < 4.78 is 5.91. The van der Waals surface area contributed by atoms with E-state index in [-0.39, 0.29) is 30.1 Å². The first-order valence-corrected chi connectivity index (χ1v) is 9.27. The highest BCUT2D eigenvalue weighted by Crippen LogP contribution is 2.25. The van der Waals surface area contributed by atoms with E-state index in [1.807, 2.05) is 38.2 Å². The summed E-state index contributed by atoms with van der Waals surface area (Å²) in [6.07, 6.45) is 3.60.